The van der Waals surface area contributed by atoms with Crippen molar-refractivity contribution in [1.29, 1.82) is 0 Å². The summed E-state index contributed by atoms with van der Waals surface area (Å²) in [5.41, 5.74) is 2.02. The number of carbonyl (C=O) groups is 4. The number of hydrogen-bond donors (Lipinski definition) is 3. The maximum absolute atomic E-state index is 13.6. The molecule has 0 unspecified atom stereocenters. The Morgan fingerprint density at radius 3 is 2.32 bits per heavy atom. The molecule has 1 aromatic rings. The summed E-state index contributed by atoms with van der Waals surface area (Å²) >= 11 is 0. The minimum Gasteiger partial charge on any atom is -0.460 e. The van der Waals surface area contributed by atoms with Crippen LogP contribution in [-0.2, 0) is 25.5 Å². The average Bonchev–Trinajstić information content (AvgIpc) is 3.04. The second kappa shape index (κ2) is 12.1. The summed E-state index contributed by atoms with van der Waals surface area (Å²) < 4.78 is 5.73. The lowest BCUT2D eigenvalue weighted by Crippen LogP contribution is -2.55. The van der Waals surface area contributed by atoms with Crippen LogP contribution in [-0.4, -0.2) is 53.1 Å². The quantitative estimate of drug-likeness (QED) is 0.326. The van der Waals surface area contributed by atoms with Gasteiger partial charge in [0.25, 0.3) is 5.91 Å². The molecule has 2 atom stereocenters. The standard InChI is InChI=1S/C28H42N4O5/c1-19(2)18-22(23(33)31-32-25(35)28(30-26(32)36)14-16-29-17-15-28)21(24(34)37-27(3,4)5)13-9-12-20-10-7-6-8-11-20/h6-8,10-11,19,21-22,29H,9,12-18H2,1-5H3,(H,30,36)(H,31,33)/t21-,22+/m0/s1. The van der Waals surface area contributed by atoms with Gasteiger partial charge < -0.3 is 15.4 Å². The van der Waals surface area contributed by atoms with Crippen molar-refractivity contribution in [3.05, 3.63) is 35.9 Å². The van der Waals surface area contributed by atoms with Crippen LogP contribution in [0.3, 0.4) is 0 Å². The molecule has 3 N–H and O–H groups in total. The molecule has 2 aliphatic heterocycles. The van der Waals surface area contributed by atoms with Gasteiger partial charge in [-0.25, -0.2) is 4.79 Å². The van der Waals surface area contributed by atoms with Gasteiger partial charge in [-0.1, -0.05) is 44.2 Å². The highest BCUT2D eigenvalue weighted by Gasteiger charge is 2.53. The van der Waals surface area contributed by atoms with Gasteiger partial charge in [-0.15, -0.1) is 0 Å². The van der Waals surface area contributed by atoms with Crippen molar-refractivity contribution >= 4 is 23.8 Å². The Bertz CT molecular complexity index is 967. The molecule has 3 rings (SSSR count). The third-order valence-electron chi connectivity index (χ3n) is 6.92. The number of imide groups is 1. The number of carbonyl (C=O) groups excluding carboxylic acids is 4. The van der Waals surface area contributed by atoms with Gasteiger partial charge in [-0.05, 0) is 83.9 Å². The van der Waals surface area contributed by atoms with E-state index in [2.05, 4.69) is 16.1 Å². The van der Waals surface area contributed by atoms with Gasteiger partial charge in [0.15, 0.2) is 0 Å². The number of ether oxygens (including phenoxy) is 1. The van der Waals surface area contributed by atoms with Crippen LogP contribution in [0, 0.1) is 17.8 Å². The van der Waals surface area contributed by atoms with E-state index in [4.69, 9.17) is 4.74 Å². The summed E-state index contributed by atoms with van der Waals surface area (Å²) in [6.45, 7) is 10.6. The van der Waals surface area contributed by atoms with E-state index >= 15 is 0 Å². The van der Waals surface area contributed by atoms with Crippen molar-refractivity contribution < 1.29 is 23.9 Å². The number of hydrazine groups is 1. The van der Waals surface area contributed by atoms with Crippen LogP contribution >= 0.6 is 0 Å². The largest absolute Gasteiger partial charge is 0.460 e. The summed E-state index contributed by atoms with van der Waals surface area (Å²) in [4.78, 5) is 52.9. The van der Waals surface area contributed by atoms with Gasteiger partial charge in [0, 0.05) is 0 Å². The second-order valence-corrected chi connectivity index (χ2v) is 11.6. The molecule has 0 aliphatic carbocycles. The van der Waals surface area contributed by atoms with Crippen molar-refractivity contribution in [2.45, 2.75) is 84.3 Å². The zero-order valence-corrected chi connectivity index (χ0v) is 22.8. The molecule has 37 heavy (non-hydrogen) atoms. The van der Waals surface area contributed by atoms with Crippen molar-refractivity contribution in [3.63, 3.8) is 0 Å². The minimum absolute atomic E-state index is 0.105. The average molecular weight is 515 g/mol. The first-order valence-electron chi connectivity index (χ1n) is 13.4. The molecular formula is C28H42N4O5. The van der Waals surface area contributed by atoms with E-state index < -0.39 is 46.8 Å². The maximum atomic E-state index is 13.6. The topological polar surface area (TPSA) is 117 Å². The lowest BCUT2D eigenvalue weighted by molar-refractivity contribution is -0.165. The Hall–Kier alpha value is -2.94. The van der Waals surface area contributed by atoms with E-state index in [-0.39, 0.29) is 5.92 Å². The Morgan fingerprint density at radius 2 is 1.73 bits per heavy atom. The molecule has 2 aliphatic rings. The zero-order chi connectivity index (χ0) is 27.2. The Morgan fingerprint density at radius 1 is 1.08 bits per heavy atom. The fraction of sp³-hybridized carbons (Fsp3) is 0.643. The highest BCUT2D eigenvalue weighted by atomic mass is 16.6. The lowest BCUT2D eigenvalue weighted by Gasteiger charge is -2.32. The SMILES string of the molecule is CC(C)C[C@@H](C(=O)NN1C(=O)NC2(CCNCC2)C1=O)[C@H](CCCc1ccccc1)C(=O)OC(C)(C)C. The van der Waals surface area contributed by atoms with E-state index in [0.717, 1.165) is 17.0 Å². The van der Waals surface area contributed by atoms with Crippen LogP contribution in [0.2, 0.25) is 0 Å². The first kappa shape index (κ1) is 28.6. The molecule has 2 heterocycles. The molecule has 204 valence electrons. The third-order valence-corrected chi connectivity index (χ3v) is 6.92. The third kappa shape index (κ3) is 7.53. The van der Waals surface area contributed by atoms with Crippen LogP contribution in [0.15, 0.2) is 30.3 Å². The number of benzene rings is 1. The van der Waals surface area contributed by atoms with Crippen molar-refractivity contribution in [2.24, 2.45) is 17.8 Å². The minimum atomic E-state index is -0.997. The zero-order valence-electron chi connectivity index (χ0n) is 22.8. The Kier molecular flexibility index (Phi) is 9.34. The molecule has 9 heteroatoms. The number of nitrogens with zero attached hydrogens (tertiary/aromatic N) is 1. The van der Waals surface area contributed by atoms with Crippen LogP contribution in [0.1, 0.15) is 72.3 Å². The molecule has 2 fully saturated rings. The van der Waals surface area contributed by atoms with Crippen molar-refractivity contribution in [3.8, 4) is 0 Å². The number of esters is 1. The normalized spacial score (nSPS) is 19.0. The molecule has 9 nitrogen and oxygen atoms in total. The molecule has 1 spiro atoms. The van der Waals surface area contributed by atoms with E-state index in [1.807, 2.05) is 44.2 Å². The van der Waals surface area contributed by atoms with E-state index in [1.54, 1.807) is 20.8 Å². The first-order chi connectivity index (χ1) is 17.4. The predicted octanol–water partition coefficient (Wildman–Crippen LogP) is 3.33. The van der Waals surface area contributed by atoms with Crippen LogP contribution < -0.4 is 16.1 Å². The maximum Gasteiger partial charge on any atom is 0.344 e. The summed E-state index contributed by atoms with van der Waals surface area (Å²) in [5, 5.41) is 6.77. The Labute approximate surface area is 220 Å². The highest BCUT2D eigenvalue weighted by molar-refractivity contribution is 6.08. The fourth-order valence-corrected chi connectivity index (χ4v) is 5.10. The Balaban J connectivity index is 1.79. The van der Waals surface area contributed by atoms with Crippen LogP contribution in [0.25, 0.3) is 0 Å². The molecule has 1 aromatic carbocycles. The lowest BCUT2D eigenvalue weighted by atomic mass is 9.81. The van der Waals surface area contributed by atoms with E-state index in [9.17, 15) is 19.2 Å². The number of aryl methyl sites for hydroxylation is 1. The van der Waals surface area contributed by atoms with Crippen LogP contribution in [0.5, 0.6) is 0 Å². The van der Waals surface area contributed by atoms with Gasteiger partial charge in [0.1, 0.15) is 11.1 Å². The second-order valence-electron chi connectivity index (χ2n) is 11.6. The molecule has 0 radical (unpaired) electrons. The van der Waals surface area contributed by atoms with E-state index in [0.29, 0.717) is 45.2 Å². The smallest absolute Gasteiger partial charge is 0.344 e. The number of piperidine rings is 1. The van der Waals surface area contributed by atoms with Crippen molar-refractivity contribution in [2.75, 3.05) is 13.1 Å². The monoisotopic (exact) mass is 514 g/mol. The molecule has 0 saturated carbocycles. The summed E-state index contributed by atoms with van der Waals surface area (Å²) in [7, 11) is 0. The van der Waals surface area contributed by atoms with E-state index in [1.165, 1.54) is 0 Å². The summed E-state index contributed by atoms with van der Waals surface area (Å²) in [6.07, 6.45) is 3.23. The van der Waals surface area contributed by atoms with Gasteiger partial charge in [-0.2, -0.15) is 5.01 Å². The molecular weight excluding hydrogens is 472 g/mol. The first-order valence-corrected chi connectivity index (χ1v) is 13.4. The molecule has 4 amide bonds. The van der Waals surface area contributed by atoms with Crippen molar-refractivity contribution in [1.82, 2.24) is 21.1 Å². The van der Waals surface area contributed by atoms with Gasteiger partial charge in [-0.3, -0.25) is 19.8 Å². The summed E-state index contributed by atoms with van der Waals surface area (Å²) in [6, 6.07) is 9.34. The number of hydrogen-bond acceptors (Lipinski definition) is 6. The highest BCUT2D eigenvalue weighted by Crippen LogP contribution is 2.30. The number of amides is 4. The molecule has 0 aromatic heterocycles. The number of nitrogens with one attached hydrogen (secondary N) is 3. The van der Waals surface area contributed by atoms with Crippen LogP contribution in [0.4, 0.5) is 4.79 Å². The number of rotatable bonds is 10. The molecule has 2 saturated heterocycles. The summed E-state index contributed by atoms with van der Waals surface area (Å²) in [5.74, 6) is -2.76. The molecule has 0 bridgehead atoms. The number of urea groups is 1. The van der Waals surface area contributed by atoms with Gasteiger partial charge in [0.05, 0.1) is 11.8 Å². The van der Waals surface area contributed by atoms with Gasteiger partial charge in [0.2, 0.25) is 5.91 Å². The van der Waals surface area contributed by atoms with Gasteiger partial charge >= 0.3 is 12.0 Å². The predicted molar refractivity (Wildman–Crippen MR) is 140 cm³/mol. The fourth-order valence-electron chi connectivity index (χ4n) is 5.10.